The second kappa shape index (κ2) is 52.0. The molecule has 0 radical (unpaired) electrons. The lowest BCUT2D eigenvalue weighted by molar-refractivity contribution is -0.143. The molecule has 0 saturated heterocycles. The molecule has 2 unspecified atom stereocenters. The van der Waals surface area contributed by atoms with Crippen molar-refractivity contribution in [2.75, 3.05) is 13.2 Å². The highest BCUT2D eigenvalue weighted by Crippen LogP contribution is 2.17. The number of amides is 1. The number of ether oxygens (including phenoxy) is 1. The fourth-order valence-electron chi connectivity index (χ4n) is 8.49. The molecule has 0 aliphatic rings. The van der Waals surface area contributed by atoms with Crippen molar-refractivity contribution in [3.05, 3.63) is 24.3 Å². The van der Waals surface area contributed by atoms with Crippen LogP contribution in [0.15, 0.2) is 24.3 Å². The lowest BCUT2D eigenvalue weighted by atomic mass is 10.0. The highest BCUT2D eigenvalue weighted by Gasteiger charge is 2.20. The number of esters is 1. The molecule has 0 aliphatic heterocycles. The first-order valence-corrected chi connectivity index (χ1v) is 27.6. The summed E-state index contributed by atoms with van der Waals surface area (Å²) < 4.78 is 5.47. The second-order valence-corrected chi connectivity index (χ2v) is 18.9. The molecule has 6 heteroatoms. The number of aliphatic hydroxyl groups is 2. The number of hydrogen-bond acceptors (Lipinski definition) is 5. The lowest BCUT2D eigenvalue weighted by Gasteiger charge is -2.22. The SMILES string of the molecule is CCCCCC/C=C\C/C=C\CCCCCCCC(=O)OCCCCCCCCCCCCCCCCCCCCC(=O)NC(CO)C(O)CCCCCCCCCCCCC. The van der Waals surface area contributed by atoms with Gasteiger partial charge in [0.15, 0.2) is 0 Å². The van der Waals surface area contributed by atoms with Gasteiger partial charge in [-0.3, -0.25) is 9.59 Å². The Morgan fingerprint density at radius 3 is 1.24 bits per heavy atom. The Morgan fingerprint density at radius 1 is 0.452 bits per heavy atom. The van der Waals surface area contributed by atoms with Gasteiger partial charge in [0, 0.05) is 12.8 Å². The molecule has 0 saturated carbocycles. The summed E-state index contributed by atoms with van der Waals surface area (Å²) in [6, 6.07) is -0.543. The van der Waals surface area contributed by atoms with Crippen LogP contribution in [0.25, 0.3) is 0 Å². The maximum absolute atomic E-state index is 12.4. The average molecular weight is 874 g/mol. The van der Waals surface area contributed by atoms with Gasteiger partial charge in [0.2, 0.25) is 5.91 Å². The summed E-state index contributed by atoms with van der Waals surface area (Å²) in [5.74, 6) is -0.0463. The third-order valence-corrected chi connectivity index (χ3v) is 12.8. The Morgan fingerprint density at radius 2 is 0.806 bits per heavy atom. The number of hydrogen-bond donors (Lipinski definition) is 3. The minimum Gasteiger partial charge on any atom is -0.466 e. The summed E-state index contributed by atoms with van der Waals surface area (Å²) in [6.45, 7) is 4.92. The molecular formula is C56H107NO5. The molecule has 0 fully saturated rings. The van der Waals surface area contributed by atoms with E-state index in [-0.39, 0.29) is 18.5 Å². The average Bonchev–Trinajstić information content (AvgIpc) is 3.27. The van der Waals surface area contributed by atoms with Crippen LogP contribution in [-0.4, -0.2) is 47.4 Å². The van der Waals surface area contributed by atoms with Gasteiger partial charge in [-0.1, -0.05) is 250 Å². The Balaban J connectivity index is 3.40. The van der Waals surface area contributed by atoms with E-state index in [0.717, 1.165) is 51.4 Å². The Bertz CT molecular complexity index is 966. The number of unbranched alkanes of at least 4 members (excludes halogenated alkanes) is 36. The monoisotopic (exact) mass is 874 g/mol. The van der Waals surface area contributed by atoms with Crippen molar-refractivity contribution in [3.63, 3.8) is 0 Å². The fourth-order valence-corrected chi connectivity index (χ4v) is 8.49. The fraction of sp³-hybridized carbons (Fsp3) is 0.893. The number of nitrogens with one attached hydrogen (secondary N) is 1. The number of carbonyl (C=O) groups excluding carboxylic acids is 2. The predicted octanol–water partition coefficient (Wildman–Crippen LogP) is 16.7. The molecule has 62 heavy (non-hydrogen) atoms. The molecule has 0 heterocycles. The minimum absolute atomic E-state index is 0.00621. The normalized spacial score (nSPS) is 12.8. The van der Waals surface area contributed by atoms with Crippen molar-refractivity contribution in [2.45, 2.75) is 309 Å². The van der Waals surface area contributed by atoms with Crippen LogP contribution in [0, 0.1) is 0 Å². The van der Waals surface area contributed by atoms with Crippen molar-refractivity contribution in [2.24, 2.45) is 0 Å². The van der Waals surface area contributed by atoms with Crippen molar-refractivity contribution in [1.29, 1.82) is 0 Å². The van der Waals surface area contributed by atoms with Gasteiger partial charge in [-0.05, 0) is 57.8 Å². The van der Waals surface area contributed by atoms with E-state index >= 15 is 0 Å². The highest BCUT2D eigenvalue weighted by atomic mass is 16.5. The summed E-state index contributed by atoms with van der Waals surface area (Å²) in [5, 5.41) is 23.2. The van der Waals surface area contributed by atoms with E-state index in [2.05, 4.69) is 43.5 Å². The van der Waals surface area contributed by atoms with Gasteiger partial charge >= 0.3 is 5.97 Å². The number of allylic oxidation sites excluding steroid dienone is 4. The quantitative estimate of drug-likeness (QED) is 0.0321. The van der Waals surface area contributed by atoms with Crippen LogP contribution in [-0.2, 0) is 14.3 Å². The smallest absolute Gasteiger partial charge is 0.305 e. The van der Waals surface area contributed by atoms with Gasteiger partial charge in [-0.25, -0.2) is 0 Å². The van der Waals surface area contributed by atoms with Gasteiger partial charge in [0.25, 0.3) is 0 Å². The standard InChI is InChI=1S/C56H107NO5/c1-3-5-7-9-11-13-15-16-17-23-26-30-34-38-42-46-50-56(61)62-51-47-43-39-35-31-27-24-21-19-18-20-22-25-29-33-37-41-45-49-55(60)57-53(52-58)54(59)48-44-40-36-32-28-14-12-10-8-6-4-2/h13,15,17,23,53-54,58-59H,3-12,14,16,18-22,24-52H2,1-2H3,(H,57,60)/b15-13-,23-17-. The van der Waals surface area contributed by atoms with E-state index in [4.69, 9.17) is 4.74 Å². The van der Waals surface area contributed by atoms with Gasteiger partial charge in [-0.2, -0.15) is 0 Å². The van der Waals surface area contributed by atoms with E-state index < -0.39 is 12.1 Å². The Hall–Kier alpha value is -1.66. The van der Waals surface area contributed by atoms with Crippen molar-refractivity contribution in [3.8, 4) is 0 Å². The van der Waals surface area contributed by atoms with Crippen molar-refractivity contribution in [1.82, 2.24) is 5.32 Å². The van der Waals surface area contributed by atoms with Gasteiger partial charge in [0.05, 0.1) is 25.4 Å². The van der Waals surface area contributed by atoms with Crippen LogP contribution in [0.3, 0.4) is 0 Å². The topological polar surface area (TPSA) is 95.9 Å². The van der Waals surface area contributed by atoms with Crippen LogP contribution >= 0.6 is 0 Å². The zero-order valence-electron chi connectivity index (χ0n) is 41.6. The summed E-state index contributed by atoms with van der Waals surface area (Å²) in [6.07, 6.45) is 61.6. The summed E-state index contributed by atoms with van der Waals surface area (Å²) in [7, 11) is 0. The third-order valence-electron chi connectivity index (χ3n) is 12.8. The molecular weight excluding hydrogens is 767 g/mol. The molecule has 2 atom stereocenters. The van der Waals surface area contributed by atoms with Crippen molar-refractivity contribution >= 4 is 11.9 Å². The maximum Gasteiger partial charge on any atom is 0.305 e. The maximum atomic E-state index is 12.4. The molecule has 0 bridgehead atoms. The molecule has 6 nitrogen and oxygen atoms in total. The zero-order valence-corrected chi connectivity index (χ0v) is 41.6. The predicted molar refractivity (Wildman–Crippen MR) is 269 cm³/mol. The lowest BCUT2D eigenvalue weighted by Crippen LogP contribution is -2.45. The Kier molecular flexibility index (Phi) is 50.6. The molecule has 0 aromatic rings. The van der Waals surface area contributed by atoms with Crippen molar-refractivity contribution < 1.29 is 24.5 Å². The molecule has 1 amide bonds. The summed E-state index contributed by atoms with van der Waals surface area (Å²) in [5.41, 5.74) is 0. The zero-order chi connectivity index (χ0) is 45.1. The van der Waals surface area contributed by atoms with E-state index in [0.29, 0.717) is 25.9 Å². The van der Waals surface area contributed by atoms with Crippen LogP contribution < -0.4 is 5.32 Å². The molecule has 0 spiro atoms. The molecule has 0 rings (SSSR count). The van der Waals surface area contributed by atoms with E-state index in [1.54, 1.807) is 0 Å². The highest BCUT2D eigenvalue weighted by molar-refractivity contribution is 5.76. The first-order valence-electron chi connectivity index (χ1n) is 27.6. The van der Waals surface area contributed by atoms with Crippen LogP contribution in [0.4, 0.5) is 0 Å². The number of rotatable bonds is 51. The number of aliphatic hydroxyl groups excluding tert-OH is 2. The van der Waals surface area contributed by atoms with Gasteiger partial charge in [0.1, 0.15) is 0 Å². The number of carbonyl (C=O) groups is 2. The third kappa shape index (κ3) is 47.8. The van der Waals surface area contributed by atoms with Gasteiger partial charge in [-0.15, -0.1) is 0 Å². The van der Waals surface area contributed by atoms with E-state index in [9.17, 15) is 19.8 Å². The van der Waals surface area contributed by atoms with E-state index in [1.807, 2.05) is 0 Å². The molecule has 366 valence electrons. The molecule has 0 aliphatic carbocycles. The molecule has 3 N–H and O–H groups in total. The Labute approximate surface area is 386 Å². The second-order valence-electron chi connectivity index (χ2n) is 18.9. The minimum atomic E-state index is -0.665. The van der Waals surface area contributed by atoms with Crippen LogP contribution in [0.1, 0.15) is 296 Å². The van der Waals surface area contributed by atoms with Gasteiger partial charge < -0.3 is 20.3 Å². The summed E-state index contributed by atoms with van der Waals surface area (Å²) in [4.78, 5) is 24.5. The van der Waals surface area contributed by atoms with Crippen LogP contribution in [0.2, 0.25) is 0 Å². The first kappa shape index (κ1) is 60.3. The molecule has 0 aromatic heterocycles. The largest absolute Gasteiger partial charge is 0.466 e. The first-order chi connectivity index (χ1) is 30.5. The summed E-state index contributed by atoms with van der Waals surface area (Å²) >= 11 is 0. The van der Waals surface area contributed by atoms with Crippen LogP contribution in [0.5, 0.6) is 0 Å². The van der Waals surface area contributed by atoms with E-state index in [1.165, 1.54) is 212 Å². The molecule has 0 aromatic carbocycles.